The Balaban J connectivity index is 1.34. The van der Waals surface area contributed by atoms with Crippen molar-refractivity contribution in [3.05, 3.63) is 29.7 Å². The van der Waals surface area contributed by atoms with Gasteiger partial charge in [0.25, 0.3) is 0 Å². The summed E-state index contributed by atoms with van der Waals surface area (Å²) in [4.78, 5) is 16.9. The first-order valence-corrected chi connectivity index (χ1v) is 8.92. The van der Waals surface area contributed by atoms with Gasteiger partial charge in [0.15, 0.2) is 11.5 Å². The lowest BCUT2D eigenvalue weighted by Crippen LogP contribution is -2.49. The molecule has 1 saturated carbocycles. The third-order valence-electron chi connectivity index (χ3n) is 5.43. The second-order valence-corrected chi connectivity index (χ2v) is 7.11. The molecule has 4 rings (SSSR count). The summed E-state index contributed by atoms with van der Waals surface area (Å²) in [5.41, 5.74) is 2.85. The van der Waals surface area contributed by atoms with E-state index in [0.717, 1.165) is 55.4 Å². The van der Waals surface area contributed by atoms with Gasteiger partial charge in [0.05, 0.1) is 5.60 Å². The molecule has 1 aromatic carbocycles. The van der Waals surface area contributed by atoms with Crippen molar-refractivity contribution in [2.75, 3.05) is 13.2 Å². The maximum absolute atomic E-state index is 12.5. The smallest absolute Gasteiger partial charge is 0.223 e. The average Bonchev–Trinajstić information content (AvgIpc) is 2.94. The number of carbonyl (C=O) groups is 1. The number of nitrogens with zero attached hydrogens (tertiary/aromatic N) is 1. The molecular formula is C19H24N2O3. The summed E-state index contributed by atoms with van der Waals surface area (Å²) in [5, 5.41) is 3.11. The van der Waals surface area contributed by atoms with Gasteiger partial charge in [0.2, 0.25) is 5.91 Å². The van der Waals surface area contributed by atoms with Crippen LogP contribution in [-0.4, -0.2) is 29.6 Å². The molecule has 0 radical (unpaired) electrons. The van der Waals surface area contributed by atoms with Crippen molar-refractivity contribution in [3.8, 4) is 0 Å². The molecule has 2 aromatic rings. The number of oxazole rings is 1. The molecule has 0 bridgehead atoms. The predicted octanol–water partition coefficient (Wildman–Crippen LogP) is 3.14. The predicted molar refractivity (Wildman–Crippen MR) is 90.7 cm³/mol. The highest BCUT2D eigenvalue weighted by Gasteiger charge is 2.44. The van der Waals surface area contributed by atoms with Crippen molar-refractivity contribution in [2.45, 2.75) is 51.0 Å². The quantitative estimate of drug-likeness (QED) is 0.936. The Labute approximate surface area is 141 Å². The number of carbonyl (C=O) groups excluding carboxylic acids is 1. The minimum atomic E-state index is 0.0179. The molecule has 2 aliphatic rings. The Hall–Kier alpha value is -1.88. The van der Waals surface area contributed by atoms with Crippen LogP contribution >= 0.6 is 0 Å². The van der Waals surface area contributed by atoms with E-state index in [1.807, 2.05) is 25.1 Å². The van der Waals surface area contributed by atoms with Crippen LogP contribution in [0.25, 0.3) is 11.1 Å². The Kier molecular flexibility index (Phi) is 4.04. The van der Waals surface area contributed by atoms with E-state index in [-0.39, 0.29) is 17.4 Å². The van der Waals surface area contributed by atoms with Crippen LogP contribution in [0.1, 0.15) is 43.6 Å². The second kappa shape index (κ2) is 6.20. The van der Waals surface area contributed by atoms with Crippen molar-refractivity contribution in [1.29, 1.82) is 0 Å². The first kappa shape index (κ1) is 15.6. The van der Waals surface area contributed by atoms with Gasteiger partial charge in [0, 0.05) is 26.0 Å². The third kappa shape index (κ3) is 2.93. The Morgan fingerprint density at radius 2 is 2.29 bits per heavy atom. The lowest BCUT2D eigenvalue weighted by Gasteiger charge is -2.46. The summed E-state index contributed by atoms with van der Waals surface area (Å²) >= 11 is 0. The topological polar surface area (TPSA) is 64.4 Å². The first-order chi connectivity index (χ1) is 11.7. The SMILES string of the molecule is Cc1nc2c(CCNC(=O)C3CCOC4(CCC4)C3)cccc2o1. The van der Waals surface area contributed by atoms with E-state index in [1.165, 1.54) is 6.42 Å². The minimum absolute atomic E-state index is 0.0179. The van der Waals surface area contributed by atoms with Gasteiger partial charge >= 0.3 is 0 Å². The molecule has 1 atom stereocenters. The van der Waals surface area contributed by atoms with E-state index in [9.17, 15) is 4.79 Å². The van der Waals surface area contributed by atoms with Crippen LogP contribution < -0.4 is 5.32 Å². The molecule has 1 aliphatic carbocycles. The molecule has 2 fully saturated rings. The molecule has 1 saturated heterocycles. The number of aryl methyl sites for hydroxylation is 1. The van der Waals surface area contributed by atoms with E-state index in [1.54, 1.807) is 0 Å². The lowest BCUT2D eigenvalue weighted by molar-refractivity contribution is -0.156. The van der Waals surface area contributed by atoms with Gasteiger partial charge in [-0.2, -0.15) is 0 Å². The number of hydrogen-bond acceptors (Lipinski definition) is 4. The van der Waals surface area contributed by atoms with E-state index < -0.39 is 0 Å². The Morgan fingerprint density at radius 1 is 1.42 bits per heavy atom. The Bertz CT molecular complexity index is 748. The first-order valence-electron chi connectivity index (χ1n) is 8.92. The van der Waals surface area contributed by atoms with Gasteiger partial charge < -0.3 is 14.5 Å². The number of fused-ring (bicyclic) bond motifs is 1. The molecule has 1 spiro atoms. The third-order valence-corrected chi connectivity index (χ3v) is 5.43. The molecule has 1 unspecified atom stereocenters. The van der Waals surface area contributed by atoms with Crippen molar-refractivity contribution in [3.63, 3.8) is 0 Å². The van der Waals surface area contributed by atoms with Gasteiger partial charge in [-0.25, -0.2) is 4.98 Å². The fraction of sp³-hybridized carbons (Fsp3) is 0.579. The van der Waals surface area contributed by atoms with Crippen molar-refractivity contribution < 1.29 is 13.9 Å². The molecule has 1 N–H and O–H groups in total. The summed E-state index contributed by atoms with van der Waals surface area (Å²) < 4.78 is 11.5. The molecule has 1 aliphatic heterocycles. The van der Waals surface area contributed by atoms with Crippen molar-refractivity contribution in [1.82, 2.24) is 10.3 Å². The van der Waals surface area contributed by atoms with Crippen LogP contribution in [0.3, 0.4) is 0 Å². The highest BCUT2D eigenvalue weighted by Crippen LogP contribution is 2.44. The maximum atomic E-state index is 12.5. The standard InChI is InChI=1S/C19H24N2O3/c1-13-21-17-14(4-2-5-16(17)24-13)6-10-20-18(22)15-7-11-23-19(12-15)8-3-9-19/h2,4-5,15H,3,6-12H2,1H3,(H,20,22). The molecule has 128 valence electrons. The number of nitrogens with one attached hydrogen (secondary N) is 1. The zero-order valence-electron chi connectivity index (χ0n) is 14.1. The van der Waals surface area contributed by atoms with Crippen LogP contribution in [0.5, 0.6) is 0 Å². The van der Waals surface area contributed by atoms with Gasteiger partial charge in [-0.3, -0.25) is 4.79 Å². The van der Waals surface area contributed by atoms with Gasteiger partial charge in [0.1, 0.15) is 5.52 Å². The van der Waals surface area contributed by atoms with Crippen molar-refractivity contribution in [2.24, 2.45) is 5.92 Å². The van der Waals surface area contributed by atoms with E-state index in [2.05, 4.69) is 10.3 Å². The summed E-state index contributed by atoms with van der Waals surface area (Å²) in [6.45, 7) is 3.21. The fourth-order valence-corrected chi connectivity index (χ4v) is 3.95. The number of amides is 1. The zero-order chi connectivity index (χ0) is 16.6. The summed E-state index contributed by atoms with van der Waals surface area (Å²) in [5.74, 6) is 0.951. The van der Waals surface area contributed by atoms with Gasteiger partial charge in [-0.05, 0) is 50.2 Å². The normalized spacial score (nSPS) is 22.5. The average molecular weight is 328 g/mol. The zero-order valence-corrected chi connectivity index (χ0v) is 14.1. The summed E-state index contributed by atoms with van der Waals surface area (Å²) in [7, 11) is 0. The molecule has 1 amide bonds. The van der Waals surface area contributed by atoms with E-state index in [0.29, 0.717) is 12.4 Å². The molecule has 5 nitrogen and oxygen atoms in total. The fourth-order valence-electron chi connectivity index (χ4n) is 3.95. The van der Waals surface area contributed by atoms with Crippen LogP contribution in [-0.2, 0) is 16.0 Å². The number of rotatable bonds is 4. The van der Waals surface area contributed by atoms with Crippen LogP contribution in [0.2, 0.25) is 0 Å². The van der Waals surface area contributed by atoms with Crippen LogP contribution in [0.4, 0.5) is 0 Å². The number of hydrogen-bond donors (Lipinski definition) is 1. The molecule has 5 heteroatoms. The molecule has 24 heavy (non-hydrogen) atoms. The lowest BCUT2D eigenvalue weighted by atomic mass is 9.72. The number of benzene rings is 1. The molecular weight excluding hydrogens is 304 g/mol. The van der Waals surface area contributed by atoms with E-state index >= 15 is 0 Å². The van der Waals surface area contributed by atoms with Crippen molar-refractivity contribution >= 4 is 17.0 Å². The van der Waals surface area contributed by atoms with Gasteiger partial charge in [-0.1, -0.05) is 12.1 Å². The highest BCUT2D eigenvalue weighted by atomic mass is 16.5. The second-order valence-electron chi connectivity index (χ2n) is 7.11. The van der Waals surface area contributed by atoms with Crippen LogP contribution in [0.15, 0.2) is 22.6 Å². The minimum Gasteiger partial charge on any atom is -0.441 e. The number of aromatic nitrogens is 1. The summed E-state index contributed by atoms with van der Waals surface area (Å²) in [6, 6.07) is 5.95. The van der Waals surface area contributed by atoms with E-state index in [4.69, 9.17) is 9.15 Å². The Morgan fingerprint density at radius 3 is 3.08 bits per heavy atom. The molecule has 1 aromatic heterocycles. The monoisotopic (exact) mass is 328 g/mol. The van der Waals surface area contributed by atoms with Gasteiger partial charge in [-0.15, -0.1) is 0 Å². The largest absolute Gasteiger partial charge is 0.441 e. The van der Waals surface area contributed by atoms with Crippen LogP contribution in [0, 0.1) is 12.8 Å². The molecule has 2 heterocycles. The number of para-hydroxylation sites is 1. The highest BCUT2D eigenvalue weighted by molar-refractivity contribution is 5.79. The summed E-state index contributed by atoms with van der Waals surface area (Å²) in [6.07, 6.45) is 5.95. The number of ether oxygens (including phenoxy) is 1. The maximum Gasteiger partial charge on any atom is 0.223 e.